The van der Waals surface area contributed by atoms with E-state index in [2.05, 4.69) is 15.2 Å². The summed E-state index contributed by atoms with van der Waals surface area (Å²) >= 11 is 0. The van der Waals surface area contributed by atoms with E-state index in [-0.39, 0.29) is 17.5 Å². The van der Waals surface area contributed by atoms with Crippen LogP contribution in [0.2, 0.25) is 0 Å². The van der Waals surface area contributed by atoms with E-state index in [0.29, 0.717) is 31.7 Å². The number of nitrogens with zero attached hydrogens (tertiary/aromatic N) is 3. The van der Waals surface area contributed by atoms with Gasteiger partial charge in [0.2, 0.25) is 0 Å². The Hall–Kier alpha value is -2.93. The SMILES string of the molecule is COc1cccc(CCNC(=O)c2cccc(C(=O)N3CCN(C)CC3)n2)c1. The van der Waals surface area contributed by atoms with Crippen molar-refractivity contribution in [1.82, 2.24) is 20.1 Å². The van der Waals surface area contributed by atoms with E-state index < -0.39 is 0 Å². The zero-order valence-corrected chi connectivity index (χ0v) is 16.4. The van der Waals surface area contributed by atoms with Crippen molar-refractivity contribution >= 4 is 11.8 Å². The first-order valence-corrected chi connectivity index (χ1v) is 9.43. The Balaban J connectivity index is 1.56. The van der Waals surface area contributed by atoms with Crippen molar-refractivity contribution in [2.45, 2.75) is 6.42 Å². The minimum absolute atomic E-state index is 0.126. The predicted molar refractivity (Wildman–Crippen MR) is 107 cm³/mol. The molecule has 7 nitrogen and oxygen atoms in total. The van der Waals surface area contributed by atoms with Crippen molar-refractivity contribution in [1.29, 1.82) is 0 Å². The zero-order chi connectivity index (χ0) is 19.9. The quantitative estimate of drug-likeness (QED) is 0.819. The van der Waals surface area contributed by atoms with Gasteiger partial charge < -0.3 is 19.9 Å². The van der Waals surface area contributed by atoms with Gasteiger partial charge in [0.15, 0.2) is 0 Å². The summed E-state index contributed by atoms with van der Waals surface area (Å²) in [5.41, 5.74) is 1.64. The lowest BCUT2D eigenvalue weighted by molar-refractivity contribution is 0.0658. The summed E-state index contributed by atoms with van der Waals surface area (Å²) in [6, 6.07) is 12.7. The van der Waals surface area contributed by atoms with Gasteiger partial charge in [0.1, 0.15) is 17.1 Å². The molecule has 1 aromatic carbocycles. The number of methoxy groups -OCH3 is 1. The fraction of sp³-hybridized carbons (Fsp3) is 0.381. The van der Waals surface area contributed by atoms with Crippen molar-refractivity contribution < 1.29 is 14.3 Å². The molecule has 2 aromatic rings. The maximum absolute atomic E-state index is 12.6. The average molecular weight is 382 g/mol. The van der Waals surface area contributed by atoms with Crippen LogP contribution in [0, 0.1) is 0 Å². The van der Waals surface area contributed by atoms with Gasteiger partial charge in [0, 0.05) is 32.7 Å². The first kappa shape index (κ1) is 19.8. The molecule has 0 saturated carbocycles. The molecule has 1 aliphatic rings. The second-order valence-corrected chi connectivity index (χ2v) is 6.86. The topological polar surface area (TPSA) is 74.8 Å². The molecule has 0 radical (unpaired) electrons. The number of rotatable bonds is 6. The van der Waals surface area contributed by atoms with E-state index in [1.165, 1.54) is 0 Å². The Bertz CT molecular complexity index is 832. The van der Waals surface area contributed by atoms with Gasteiger partial charge in [0.05, 0.1) is 7.11 Å². The number of pyridine rings is 1. The van der Waals surface area contributed by atoms with E-state index in [9.17, 15) is 9.59 Å². The maximum Gasteiger partial charge on any atom is 0.272 e. The molecule has 7 heteroatoms. The third kappa shape index (κ3) is 5.07. The summed E-state index contributed by atoms with van der Waals surface area (Å²) in [6.45, 7) is 3.51. The average Bonchev–Trinajstić information content (AvgIpc) is 2.74. The number of likely N-dealkylation sites (N-methyl/N-ethyl adjacent to an activating group) is 1. The van der Waals surface area contributed by atoms with Crippen LogP contribution in [0.15, 0.2) is 42.5 Å². The molecular weight excluding hydrogens is 356 g/mol. The molecule has 0 bridgehead atoms. The van der Waals surface area contributed by atoms with Gasteiger partial charge in [-0.05, 0) is 43.3 Å². The van der Waals surface area contributed by atoms with Crippen LogP contribution in [-0.2, 0) is 6.42 Å². The molecule has 2 heterocycles. The lowest BCUT2D eigenvalue weighted by atomic mass is 10.1. The first-order chi connectivity index (χ1) is 13.6. The summed E-state index contributed by atoms with van der Waals surface area (Å²) in [5.74, 6) is 0.385. The third-order valence-electron chi connectivity index (χ3n) is 4.82. The fourth-order valence-corrected chi connectivity index (χ4v) is 3.09. The second kappa shape index (κ2) is 9.32. The number of aromatic nitrogens is 1. The Morgan fingerprint density at radius 3 is 2.54 bits per heavy atom. The third-order valence-corrected chi connectivity index (χ3v) is 4.82. The number of carbonyl (C=O) groups is 2. The number of hydrogen-bond acceptors (Lipinski definition) is 5. The number of nitrogens with one attached hydrogen (secondary N) is 1. The van der Waals surface area contributed by atoms with E-state index in [4.69, 9.17) is 4.74 Å². The van der Waals surface area contributed by atoms with Gasteiger partial charge in [-0.2, -0.15) is 0 Å². The molecule has 0 atom stereocenters. The van der Waals surface area contributed by atoms with Gasteiger partial charge >= 0.3 is 0 Å². The Labute approximate surface area is 165 Å². The van der Waals surface area contributed by atoms with Crippen molar-refractivity contribution in [2.24, 2.45) is 0 Å². The van der Waals surface area contributed by atoms with Crippen molar-refractivity contribution in [3.8, 4) is 5.75 Å². The van der Waals surface area contributed by atoms with Crippen LogP contribution in [0.3, 0.4) is 0 Å². The summed E-state index contributed by atoms with van der Waals surface area (Å²) in [5, 5.41) is 2.86. The number of carbonyl (C=O) groups excluding carboxylic acids is 2. The monoisotopic (exact) mass is 382 g/mol. The Morgan fingerprint density at radius 2 is 1.79 bits per heavy atom. The summed E-state index contributed by atoms with van der Waals surface area (Å²) in [4.78, 5) is 33.3. The molecule has 3 rings (SSSR count). The molecule has 28 heavy (non-hydrogen) atoms. The van der Waals surface area contributed by atoms with E-state index >= 15 is 0 Å². The van der Waals surface area contributed by atoms with Crippen molar-refractivity contribution in [3.63, 3.8) is 0 Å². The van der Waals surface area contributed by atoms with Crippen LogP contribution >= 0.6 is 0 Å². The van der Waals surface area contributed by atoms with E-state index in [0.717, 1.165) is 24.4 Å². The number of hydrogen-bond donors (Lipinski definition) is 1. The van der Waals surface area contributed by atoms with E-state index in [1.54, 1.807) is 30.2 Å². The highest BCUT2D eigenvalue weighted by Crippen LogP contribution is 2.12. The minimum atomic E-state index is -0.282. The maximum atomic E-state index is 12.6. The molecule has 1 fully saturated rings. The largest absolute Gasteiger partial charge is 0.497 e. The standard InChI is InChI=1S/C21H26N4O3/c1-24-11-13-25(14-12-24)21(27)19-8-4-7-18(23-19)20(26)22-10-9-16-5-3-6-17(15-16)28-2/h3-8,15H,9-14H2,1-2H3,(H,22,26). The molecule has 1 N–H and O–H groups in total. The lowest BCUT2D eigenvalue weighted by Gasteiger charge is -2.32. The predicted octanol–water partition coefficient (Wildman–Crippen LogP) is 1.45. The van der Waals surface area contributed by atoms with Crippen LogP contribution in [-0.4, -0.2) is 73.5 Å². The van der Waals surface area contributed by atoms with Crippen LogP contribution in [0.25, 0.3) is 0 Å². The lowest BCUT2D eigenvalue weighted by Crippen LogP contribution is -2.47. The van der Waals surface area contributed by atoms with Gasteiger partial charge in [-0.1, -0.05) is 18.2 Å². The highest BCUT2D eigenvalue weighted by molar-refractivity contribution is 5.96. The molecule has 0 unspecified atom stereocenters. The smallest absolute Gasteiger partial charge is 0.272 e. The van der Waals surface area contributed by atoms with Crippen molar-refractivity contribution in [3.05, 3.63) is 59.4 Å². The molecule has 0 aliphatic carbocycles. The Morgan fingerprint density at radius 1 is 1.07 bits per heavy atom. The zero-order valence-electron chi connectivity index (χ0n) is 16.4. The summed E-state index contributed by atoms with van der Waals surface area (Å²) in [6.07, 6.45) is 0.683. The van der Waals surface area contributed by atoms with Gasteiger partial charge in [-0.15, -0.1) is 0 Å². The molecule has 1 saturated heterocycles. The number of ether oxygens (including phenoxy) is 1. The van der Waals surface area contributed by atoms with Crippen LogP contribution < -0.4 is 10.1 Å². The molecule has 0 spiro atoms. The van der Waals surface area contributed by atoms with Crippen LogP contribution in [0.1, 0.15) is 26.5 Å². The number of amides is 2. The van der Waals surface area contributed by atoms with Crippen LogP contribution in [0.5, 0.6) is 5.75 Å². The summed E-state index contributed by atoms with van der Waals surface area (Å²) in [7, 11) is 3.67. The number of piperazine rings is 1. The summed E-state index contributed by atoms with van der Waals surface area (Å²) < 4.78 is 5.21. The Kier molecular flexibility index (Phi) is 6.60. The highest BCUT2D eigenvalue weighted by Gasteiger charge is 2.22. The first-order valence-electron chi connectivity index (χ1n) is 9.43. The molecular formula is C21H26N4O3. The van der Waals surface area contributed by atoms with Gasteiger partial charge in [-0.25, -0.2) is 4.98 Å². The van der Waals surface area contributed by atoms with Crippen molar-refractivity contribution in [2.75, 3.05) is 46.9 Å². The van der Waals surface area contributed by atoms with E-state index in [1.807, 2.05) is 31.3 Å². The normalized spacial score (nSPS) is 14.6. The fourth-order valence-electron chi connectivity index (χ4n) is 3.09. The molecule has 1 aromatic heterocycles. The number of benzene rings is 1. The molecule has 148 valence electrons. The molecule has 2 amide bonds. The highest BCUT2D eigenvalue weighted by atomic mass is 16.5. The molecule has 1 aliphatic heterocycles. The van der Waals surface area contributed by atoms with Crippen LogP contribution in [0.4, 0.5) is 0 Å². The second-order valence-electron chi connectivity index (χ2n) is 6.86. The van der Waals surface area contributed by atoms with Gasteiger partial charge in [-0.3, -0.25) is 9.59 Å². The van der Waals surface area contributed by atoms with Gasteiger partial charge in [0.25, 0.3) is 11.8 Å². The minimum Gasteiger partial charge on any atom is -0.497 e.